The summed E-state index contributed by atoms with van der Waals surface area (Å²) in [5.41, 5.74) is 0. The lowest BCUT2D eigenvalue weighted by molar-refractivity contribution is 0.601. The molecule has 0 amide bonds. The summed E-state index contributed by atoms with van der Waals surface area (Å²) < 4.78 is 13.2. The predicted octanol–water partition coefficient (Wildman–Crippen LogP) is 6.54. The maximum Gasteiger partial charge on any atom is 0.150 e. The summed E-state index contributed by atoms with van der Waals surface area (Å²) in [4.78, 5) is 0. The quantitative estimate of drug-likeness (QED) is 0.236. The largest absolute Gasteiger partial charge is 0.464 e. The first-order valence-electron chi connectivity index (χ1n) is 11.1. The zero-order valence-electron chi connectivity index (χ0n) is 18.6. The molecule has 5 aromatic carbocycles. The van der Waals surface area contributed by atoms with E-state index in [1.165, 1.54) is 21.2 Å². The van der Waals surface area contributed by atoms with Crippen LogP contribution in [-0.2, 0) is 0 Å². The molecule has 0 fully saturated rings. The molecule has 0 aliphatic rings. The maximum atomic E-state index is 6.61. The second-order valence-electron chi connectivity index (χ2n) is 7.59. The highest BCUT2D eigenvalue weighted by molar-refractivity contribution is 7.69. The Kier molecular flexibility index (Phi) is 7.31. The summed E-state index contributed by atoms with van der Waals surface area (Å²) in [5, 5.41) is 4.69. The van der Waals surface area contributed by atoms with E-state index in [1.54, 1.807) is 0 Å². The number of rotatable bonds is 8. The lowest BCUT2D eigenvalue weighted by Gasteiger charge is -2.22. The molecule has 5 rings (SSSR count). The Morgan fingerprint density at radius 1 is 0.324 bits per heavy atom. The molecule has 166 valence electrons. The van der Waals surface area contributed by atoms with Gasteiger partial charge in [-0.05, 0) is 12.1 Å². The van der Waals surface area contributed by atoms with Crippen LogP contribution in [0.15, 0.2) is 146 Å². The number of hydrogen-bond donors (Lipinski definition) is 0. The standard InChI is InChI=1S/C30H24O2P2/c1-5-16-27(17-6-1)33(28-18-7-2-8-19-28)31-25-14-13-15-26(24-25)32-34(29-20-9-3-10-21-29)30-22-11-4-12-23-30/h1-24H. The van der Waals surface area contributed by atoms with Crippen LogP contribution in [-0.4, -0.2) is 0 Å². The smallest absolute Gasteiger partial charge is 0.150 e. The summed E-state index contributed by atoms with van der Waals surface area (Å²) in [6.07, 6.45) is 0. The van der Waals surface area contributed by atoms with Gasteiger partial charge in [0.15, 0.2) is 16.3 Å². The molecule has 0 radical (unpaired) electrons. The molecule has 34 heavy (non-hydrogen) atoms. The first-order chi connectivity index (χ1) is 16.9. The van der Waals surface area contributed by atoms with Crippen LogP contribution in [0.2, 0.25) is 0 Å². The molecule has 0 aliphatic carbocycles. The van der Waals surface area contributed by atoms with Crippen molar-refractivity contribution in [3.8, 4) is 11.5 Å². The second kappa shape index (κ2) is 11.1. The Balaban J connectivity index is 1.44. The molecule has 0 aliphatic heterocycles. The van der Waals surface area contributed by atoms with E-state index in [-0.39, 0.29) is 0 Å². The van der Waals surface area contributed by atoms with Crippen molar-refractivity contribution in [1.29, 1.82) is 0 Å². The molecule has 0 spiro atoms. The van der Waals surface area contributed by atoms with E-state index in [1.807, 2.05) is 48.5 Å². The van der Waals surface area contributed by atoms with E-state index in [0.29, 0.717) is 0 Å². The van der Waals surface area contributed by atoms with Crippen LogP contribution in [0.25, 0.3) is 0 Å². The fourth-order valence-electron chi connectivity index (χ4n) is 3.56. The van der Waals surface area contributed by atoms with Gasteiger partial charge < -0.3 is 9.05 Å². The Morgan fingerprint density at radius 2 is 0.618 bits per heavy atom. The minimum Gasteiger partial charge on any atom is -0.464 e. The van der Waals surface area contributed by atoms with Crippen molar-refractivity contribution >= 4 is 37.5 Å². The average molecular weight is 478 g/mol. The molecular formula is C30H24O2P2. The molecule has 0 heterocycles. The molecule has 0 saturated heterocycles. The van der Waals surface area contributed by atoms with Gasteiger partial charge in [0, 0.05) is 27.3 Å². The van der Waals surface area contributed by atoms with Crippen LogP contribution in [0.3, 0.4) is 0 Å². The van der Waals surface area contributed by atoms with Crippen LogP contribution < -0.4 is 30.3 Å². The second-order valence-corrected chi connectivity index (χ2v) is 11.2. The highest BCUT2D eigenvalue weighted by atomic mass is 31.1. The van der Waals surface area contributed by atoms with Gasteiger partial charge in [-0.1, -0.05) is 127 Å². The average Bonchev–Trinajstić information content (AvgIpc) is 2.92. The summed E-state index contributed by atoms with van der Waals surface area (Å²) in [5.74, 6) is 1.60. The van der Waals surface area contributed by atoms with E-state index >= 15 is 0 Å². The minimum atomic E-state index is -0.998. The van der Waals surface area contributed by atoms with Crippen molar-refractivity contribution in [2.75, 3.05) is 0 Å². The SMILES string of the molecule is c1ccc(P(Oc2cccc(OP(c3ccccc3)c3ccccc3)c2)c2ccccc2)cc1. The summed E-state index contributed by atoms with van der Waals surface area (Å²) in [6.45, 7) is 0. The van der Waals surface area contributed by atoms with Gasteiger partial charge in [0.25, 0.3) is 0 Å². The third-order valence-electron chi connectivity index (χ3n) is 5.16. The zero-order chi connectivity index (χ0) is 23.0. The van der Waals surface area contributed by atoms with E-state index in [4.69, 9.17) is 9.05 Å². The molecule has 0 atom stereocenters. The van der Waals surface area contributed by atoms with E-state index < -0.39 is 16.3 Å². The van der Waals surface area contributed by atoms with Gasteiger partial charge in [-0.2, -0.15) is 0 Å². The van der Waals surface area contributed by atoms with Gasteiger partial charge in [-0.25, -0.2) is 0 Å². The highest BCUT2D eigenvalue weighted by Gasteiger charge is 2.19. The maximum absolute atomic E-state index is 6.61. The minimum absolute atomic E-state index is 0.799. The third-order valence-corrected chi connectivity index (χ3v) is 9.02. The Hall–Kier alpha value is -3.44. The van der Waals surface area contributed by atoms with Crippen LogP contribution in [0.5, 0.6) is 11.5 Å². The van der Waals surface area contributed by atoms with Crippen LogP contribution in [0.4, 0.5) is 0 Å². The molecule has 0 saturated carbocycles. The van der Waals surface area contributed by atoms with Gasteiger partial charge in [-0.15, -0.1) is 0 Å². The van der Waals surface area contributed by atoms with Crippen molar-refractivity contribution < 1.29 is 9.05 Å². The molecule has 5 aromatic rings. The molecule has 0 bridgehead atoms. The van der Waals surface area contributed by atoms with Crippen molar-refractivity contribution in [3.05, 3.63) is 146 Å². The number of hydrogen-bond acceptors (Lipinski definition) is 2. The summed E-state index contributed by atoms with van der Waals surface area (Å²) in [6, 6.07) is 49.6. The van der Waals surface area contributed by atoms with Crippen LogP contribution in [0.1, 0.15) is 0 Å². The predicted molar refractivity (Wildman–Crippen MR) is 146 cm³/mol. The highest BCUT2D eigenvalue weighted by Crippen LogP contribution is 2.41. The molecule has 4 heteroatoms. The number of benzene rings is 5. The van der Waals surface area contributed by atoms with Gasteiger partial charge in [0.05, 0.1) is 0 Å². The Bertz CT molecular complexity index is 1120. The Labute approximate surface area is 203 Å². The van der Waals surface area contributed by atoms with Crippen molar-refractivity contribution in [3.63, 3.8) is 0 Å². The topological polar surface area (TPSA) is 18.5 Å². The first-order valence-corrected chi connectivity index (χ1v) is 13.7. The molecular weight excluding hydrogens is 454 g/mol. The van der Waals surface area contributed by atoms with Gasteiger partial charge in [0.1, 0.15) is 11.5 Å². The zero-order valence-corrected chi connectivity index (χ0v) is 20.4. The summed E-state index contributed by atoms with van der Waals surface area (Å²) >= 11 is 0. The Morgan fingerprint density at radius 3 is 0.912 bits per heavy atom. The van der Waals surface area contributed by atoms with Crippen molar-refractivity contribution in [2.24, 2.45) is 0 Å². The molecule has 2 nitrogen and oxygen atoms in total. The molecule has 0 unspecified atom stereocenters. The fraction of sp³-hybridized carbons (Fsp3) is 0. The lowest BCUT2D eigenvalue weighted by atomic mass is 10.3. The normalized spacial score (nSPS) is 10.9. The van der Waals surface area contributed by atoms with E-state index in [0.717, 1.165) is 11.5 Å². The third kappa shape index (κ3) is 5.54. The monoisotopic (exact) mass is 478 g/mol. The molecule has 0 N–H and O–H groups in total. The summed E-state index contributed by atoms with van der Waals surface area (Å²) in [7, 11) is -2.00. The van der Waals surface area contributed by atoms with E-state index in [9.17, 15) is 0 Å². The van der Waals surface area contributed by atoms with Crippen LogP contribution in [0, 0.1) is 0 Å². The first kappa shape index (κ1) is 22.4. The van der Waals surface area contributed by atoms with Gasteiger partial charge >= 0.3 is 0 Å². The van der Waals surface area contributed by atoms with Crippen LogP contribution >= 0.6 is 16.3 Å². The van der Waals surface area contributed by atoms with Crippen molar-refractivity contribution in [1.82, 2.24) is 0 Å². The fourth-order valence-corrected chi connectivity index (χ4v) is 7.00. The lowest BCUT2D eigenvalue weighted by Crippen LogP contribution is -2.16. The van der Waals surface area contributed by atoms with Gasteiger partial charge in [-0.3, -0.25) is 0 Å². The van der Waals surface area contributed by atoms with E-state index in [2.05, 4.69) is 97.1 Å². The molecule has 0 aromatic heterocycles. The van der Waals surface area contributed by atoms with Gasteiger partial charge in [0.2, 0.25) is 0 Å². The van der Waals surface area contributed by atoms with Crippen molar-refractivity contribution in [2.45, 2.75) is 0 Å².